The van der Waals surface area contributed by atoms with Gasteiger partial charge in [-0.15, -0.1) is 10.2 Å². The normalized spacial score (nSPS) is 15.7. The number of aryl methyl sites for hydroxylation is 1. The Labute approximate surface area is 118 Å². The average Bonchev–Trinajstić information content (AvgIpc) is 3.07. The molecule has 5 nitrogen and oxygen atoms in total. The van der Waals surface area contributed by atoms with Gasteiger partial charge < -0.3 is 15.0 Å². The molecular formula is C15H20N4O. The first kappa shape index (κ1) is 13.0. The van der Waals surface area contributed by atoms with Crippen LogP contribution in [0.1, 0.15) is 37.5 Å². The van der Waals surface area contributed by atoms with Gasteiger partial charge in [-0.3, -0.25) is 0 Å². The molecule has 1 aromatic carbocycles. The van der Waals surface area contributed by atoms with Gasteiger partial charge in [0, 0.05) is 11.6 Å². The molecule has 1 fully saturated rings. The zero-order valence-corrected chi connectivity index (χ0v) is 12.0. The van der Waals surface area contributed by atoms with Crippen LogP contribution in [0.4, 0.5) is 5.69 Å². The van der Waals surface area contributed by atoms with Gasteiger partial charge in [-0.25, -0.2) is 0 Å². The van der Waals surface area contributed by atoms with Crippen molar-refractivity contribution in [2.24, 2.45) is 0 Å². The molecule has 106 valence electrons. The number of hydrogen-bond donors (Lipinski definition) is 1. The van der Waals surface area contributed by atoms with E-state index in [1.165, 1.54) is 25.7 Å². The van der Waals surface area contributed by atoms with Gasteiger partial charge in [0.2, 0.25) is 0 Å². The van der Waals surface area contributed by atoms with Crippen LogP contribution in [0.25, 0.3) is 11.4 Å². The van der Waals surface area contributed by atoms with Crippen LogP contribution in [0.3, 0.4) is 0 Å². The Bertz CT molecular complexity index is 614. The number of benzene rings is 1. The predicted molar refractivity (Wildman–Crippen MR) is 78.7 cm³/mol. The van der Waals surface area contributed by atoms with Crippen molar-refractivity contribution in [1.29, 1.82) is 0 Å². The van der Waals surface area contributed by atoms with Crippen LogP contribution in [-0.4, -0.2) is 21.9 Å². The number of aromatic nitrogens is 3. The molecule has 1 aliphatic carbocycles. The smallest absolute Gasteiger partial charge is 0.164 e. The SMILES string of the molecule is COc1ccc(-c2nnc(C)n2C2CCCC2)cc1N. The standard InChI is InChI=1S/C15H20N4O/c1-10-17-18-15(19(10)12-5-3-4-6-12)11-7-8-14(20-2)13(16)9-11/h7-9,12H,3-6,16H2,1-2H3. The third-order valence-electron chi connectivity index (χ3n) is 4.04. The van der Waals surface area contributed by atoms with Gasteiger partial charge in [-0.05, 0) is 38.0 Å². The lowest BCUT2D eigenvalue weighted by molar-refractivity contribution is 0.417. The monoisotopic (exact) mass is 272 g/mol. The number of methoxy groups -OCH3 is 1. The van der Waals surface area contributed by atoms with Gasteiger partial charge in [0.15, 0.2) is 5.82 Å². The summed E-state index contributed by atoms with van der Waals surface area (Å²) < 4.78 is 7.46. The molecule has 2 aromatic rings. The number of ether oxygens (including phenoxy) is 1. The Morgan fingerprint density at radius 3 is 2.65 bits per heavy atom. The zero-order valence-electron chi connectivity index (χ0n) is 12.0. The molecule has 3 rings (SSSR count). The summed E-state index contributed by atoms with van der Waals surface area (Å²) in [5, 5.41) is 8.59. The number of nitrogens with two attached hydrogens (primary N) is 1. The van der Waals surface area contributed by atoms with Crippen molar-refractivity contribution in [2.75, 3.05) is 12.8 Å². The third-order valence-corrected chi connectivity index (χ3v) is 4.04. The third kappa shape index (κ3) is 2.13. The number of nitrogens with zero attached hydrogens (tertiary/aromatic N) is 3. The maximum Gasteiger partial charge on any atom is 0.164 e. The Hall–Kier alpha value is -2.04. The lowest BCUT2D eigenvalue weighted by Gasteiger charge is -2.16. The molecule has 0 bridgehead atoms. The highest BCUT2D eigenvalue weighted by atomic mass is 16.5. The van der Waals surface area contributed by atoms with Crippen LogP contribution in [0.5, 0.6) is 5.75 Å². The number of rotatable bonds is 3. The Morgan fingerprint density at radius 2 is 2.00 bits per heavy atom. The Morgan fingerprint density at radius 1 is 1.25 bits per heavy atom. The summed E-state index contributed by atoms with van der Waals surface area (Å²) in [5.41, 5.74) is 7.62. The van der Waals surface area contributed by atoms with Crippen LogP contribution in [0.2, 0.25) is 0 Å². The van der Waals surface area contributed by atoms with Gasteiger partial charge in [0.1, 0.15) is 11.6 Å². The maximum absolute atomic E-state index is 6.00. The van der Waals surface area contributed by atoms with Crippen molar-refractivity contribution in [3.8, 4) is 17.1 Å². The average molecular weight is 272 g/mol. The fourth-order valence-corrected chi connectivity index (χ4v) is 3.04. The molecule has 20 heavy (non-hydrogen) atoms. The van der Waals surface area contributed by atoms with Crippen molar-refractivity contribution in [1.82, 2.24) is 14.8 Å². The van der Waals surface area contributed by atoms with Gasteiger partial charge in [0.25, 0.3) is 0 Å². The molecule has 1 saturated carbocycles. The van der Waals surface area contributed by atoms with Gasteiger partial charge in [0.05, 0.1) is 12.8 Å². The molecule has 0 saturated heterocycles. The van der Waals surface area contributed by atoms with Crippen LogP contribution in [0, 0.1) is 6.92 Å². The number of hydrogen-bond acceptors (Lipinski definition) is 4. The molecule has 0 amide bonds. The molecular weight excluding hydrogens is 252 g/mol. The summed E-state index contributed by atoms with van der Waals surface area (Å²) >= 11 is 0. The first-order valence-electron chi connectivity index (χ1n) is 7.06. The molecule has 1 aromatic heterocycles. The summed E-state index contributed by atoms with van der Waals surface area (Å²) in [5.74, 6) is 2.57. The summed E-state index contributed by atoms with van der Waals surface area (Å²) in [6.07, 6.45) is 4.98. The maximum atomic E-state index is 6.00. The summed E-state index contributed by atoms with van der Waals surface area (Å²) in [6, 6.07) is 6.30. The highest BCUT2D eigenvalue weighted by Gasteiger charge is 2.23. The molecule has 1 aliphatic rings. The first-order chi connectivity index (χ1) is 9.70. The summed E-state index contributed by atoms with van der Waals surface area (Å²) in [4.78, 5) is 0. The van der Waals surface area contributed by atoms with E-state index >= 15 is 0 Å². The van der Waals surface area contributed by atoms with E-state index in [-0.39, 0.29) is 0 Å². The van der Waals surface area contributed by atoms with Crippen molar-refractivity contribution in [3.63, 3.8) is 0 Å². The van der Waals surface area contributed by atoms with Gasteiger partial charge in [-0.1, -0.05) is 12.8 Å². The Balaban J connectivity index is 2.04. The second-order valence-corrected chi connectivity index (χ2v) is 5.34. The second kappa shape index (κ2) is 5.15. The molecule has 0 atom stereocenters. The van der Waals surface area contributed by atoms with E-state index < -0.39 is 0 Å². The number of nitrogen functional groups attached to an aromatic ring is 1. The van der Waals surface area contributed by atoms with Crippen LogP contribution in [-0.2, 0) is 0 Å². The molecule has 2 N–H and O–H groups in total. The van der Waals surface area contributed by atoms with E-state index in [0.717, 1.165) is 17.2 Å². The number of anilines is 1. The molecule has 0 spiro atoms. The van der Waals surface area contributed by atoms with Crippen LogP contribution in [0.15, 0.2) is 18.2 Å². The fourth-order valence-electron chi connectivity index (χ4n) is 3.04. The first-order valence-corrected chi connectivity index (χ1v) is 7.06. The molecule has 0 aliphatic heterocycles. The van der Waals surface area contributed by atoms with E-state index in [1.807, 2.05) is 25.1 Å². The lowest BCUT2D eigenvalue weighted by Crippen LogP contribution is -2.08. The van der Waals surface area contributed by atoms with E-state index in [0.29, 0.717) is 17.5 Å². The largest absolute Gasteiger partial charge is 0.495 e. The quantitative estimate of drug-likeness (QED) is 0.872. The van der Waals surface area contributed by atoms with Crippen LogP contribution < -0.4 is 10.5 Å². The van der Waals surface area contributed by atoms with Gasteiger partial charge in [-0.2, -0.15) is 0 Å². The van der Waals surface area contributed by atoms with E-state index in [4.69, 9.17) is 10.5 Å². The lowest BCUT2D eigenvalue weighted by atomic mass is 10.1. The van der Waals surface area contributed by atoms with Crippen molar-refractivity contribution < 1.29 is 4.74 Å². The summed E-state index contributed by atoms with van der Waals surface area (Å²) in [6.45, 7) is 2.02. The summed E-state index contributed by atoms with van der Waals surface area (Å²) in [7, 11) is 1.62. The van der Waals surface area contributed by atoms with Crippen molar-refractivity contribution in [2.45, 2.75) is 38.6 Å². The van der Waals surface area contributed by atoms with Gasteiger partial charge >= 0.3 is 0 Å². The Kier molecular flexibility index (Phi) is 3.34. The van der Waals surface area contributed by atoms with Crippen molar-refractivity contribution in [3.05, 3.63) is 24.0 Å². The van der Waals surface area contributed by atoms with Crippen LogP contribution >= 0.6 is 0 Å². The minimum Gasteiger partial charge on any atom is -0.495 e. The highest BCUT2D eigenvalue weighted by Crippen LogP contribution is 2.35. The zero-order chi connectivity index (χ0) is 14.1. The molecule has 5 heteroatoms. The highest BCUT2D eigenvalue weighted by molar-refractivity contribution is 5.66. The molecule has 0 radical (unpaired) electrons. The topological polar surface area (TPSA) is 66.0 Å². The predicted octanol–water partition coefficient (Wildman–Crippen LogP) is 2.96. The minimum absolute atomic E-state index is 0.517. The minimum atomic E-state index is 0.517. The van der Waals surface area contributed by atoms with Crippen molar-refractivity contribution >= 4 is 5.69 Å². The second-order valence-electron chi connectivity index (χ2n) is 5.34. The molecule has 1 heterocycles. The molecule has 0 unspecified atom stereocenters. The van der Waals surface area contributed by atoms with E-state index in [2.05, 4.69) is 14.8 Å². The van der Waals surface area contributed by atoms with E-state index in [9.17, 15) is 0 Å². The van der Waals surface area contributed by atoms with E-state index in [1.54, 1.807) is 7.11 Å². The fraction of sp³-hybridized carbons (Fsp3) is 0.467.